The minimum Gasteiger partial charge on any atom is -0.310 e. The molecule has 1 amide bonds. The summed E-state index contributed by atoms with van der Waals surface area (Å²) >= 11 is 0. The van der Waals surface area contributed by atoms with Crippen LogP contribution in [0.1, 0.15) is 19.3 Å². The van der Waals surface area contributed by atoms with Crippen molar-refractivity contribution < 1.29 is 4.79 Å². The number of pyridine rings is 2. The molecular weight excluding hydrogens is 328 g/mol. The smallest absolute Gasteiger partial charge is 0.239 e. The van der Waals surface area contributed by atoms with Crippen LogP contribution >= 0.6 is 0 Å². The molecule has 1 aliphatic heterocycles. The molecule has 0 spiro atoms. The Hall–Kier alpha value is -2.80. The highest BCUT2D eigenvalue weighted by molar-refractivity contribution is 5.93. The van der Waals surface area contributed by atoms with Gasteiger partial charge in [-0.3, -0.25) is 14.4 Å². The molecule has 0 bridgehead atoms. The summed E-state index contributed by atoms with van der Waals surface area (Å²) in [7, 11) is 1.88. The van der Waals surface area contributed by atoms with Gasteiger partial charge in [0.05, 0.1) is 24.0 Å². The topological polar surface area (TPSA) is 75.9 Å². The van der Waals surface area contributed by atoms with Crippen molar-refractivity contribution in [1.82, 2.24) is 24.6 Å². The molecule has 134 valence electrons. The lowest BCUT2D eigenvalue weighted by molar-refractivity contribution is -0.117. The second-order valence-corrected chi connectivity index (χ2v) is 6.75. The third-order valence-corrected chi connectivity index (χ3v) is 4.66. The van der Waals surface area contributed by atoms with Gasteiger partial charge in [0.25, 0.3) is 0 Å². The van der Waals surface area contributed by atoms with E-state index < -0.39 is 0 Å². The van der Waals surface area contributed by atoms with Gasteiger partial charge in [-0.2, -0.15) is 5.10 Å². The number of nitrogens with zero attached hydrogens (tertiary/aromatic N) is 5. The highest BCUT2D eigenvalue weighted by Gasteiger charge is 2.14. The summed E-state index contributed by atoms with van der Waals surface area (Å²) in [4.78, 5) is 23.5. The van der Waals surface area contributed by atoms with Gasteiger partial charge in [-0.25, -0.2) is 9.97 Å². The Balaban J connectivity index is 1.51. The molecule has 1 saturated heterocycles. The Bertz CT molecular complexity index is 929. The number of nitrogens with one attached hydrogen (secondary N) is 1. The first kappa shape index (κ1) is 16.7. The average molecular weight is 350 g/mol. The number of amides is 1. The SMILES string of the molecule is Cn1cc(-c2ccc3cnc(NC(=O)CN4CCCCC4)cc3n2)cn1. The number of carbonyl (C=O) groups excluding carboxylic acids is 1. The van der Waals surface area contributed by atoms with E-state index in [9.17, 15) is 4.79 Å². The second kappa shape index (κ2) is 7.21. The summed E-state index contributed by atoms with van der Waals surface area (Å²) in [5, 5.41) is 8.02. The van der Waals surface area contributed by atoms with Gasteiger partial charge in [0.15, 0.2) is 0 Å². The van der Waals surface area contributed by atoms with Crippen LogP contribution in [0.3, 0.4) is 0 Å². The first-order chi connectivity index (χ1) is 12.7. The van der Waals surface area contributed by atoms with E-state index in [0.717, 1.165) is 35.2 Å². The number of rotatable bonds is 4. The number of piperidine rings is 1. The third kappa shape index (κ3) is 3.72. The van der Waals surface area contributed by atoms with E-state index in [1.165, 1.54) is 19.3 Å². The van der Waals surface area contributed by atoms with Crippen molar-refractivity contribution in [2.24, 2.45) is 7.05 Å². The van der Waals surface area contributed by atoms with E-state index in [-0.39, 0.29) is 5.91 Å². The fourth-order valence-corrected chi connectivity index (χ4v) is 3.30. The summed E-state index contributed by atoms with van der Waals surface area (Å²) in [6, 6.07) is 5.76. The van der Waals surface area contributed by atoms with E-state index in [1.807, 2.05) is 31.4 Å². The molecule has 1 N–H and O–H groups in total. The predicted molar refractivity (Wildman–Crippen MR) is 101 cm³/mol. The van der Waals surface area contributed by atoms with Crippen molar-refractivity contribution in [2.75, 3.05) is 25.0 Å². The highest BCUT2D eigenvalue weighted by Crippen LogP contribution is 2.21. The van der Waals surface area contributed by atoms with Crippen LogP contribution in [0.25, 0.3) is 22.2 Å². The van der Waals surface area contributed by atoms with Crippen LogP contribution in [0.5, 0.6) is 0 Å². The fraction of sp³-hybridized carbons (Fsp3) is 0.368. The van der Waals surface area contributed by atoms with E-state index in [0.29, 0.717) is 12.4 Å². The van der Waals surface area contributed by atoms with Gasteiger partial charge in [0.2, 0.25) is 5.91 Å². The van der Waals surface area contributed by atoms with Crippen molar-refractivity contribution in [3.05, 3.63) is 36.8 Å². The van der Waals surface area contributed by atoms with Crippen LogP contribution in [0.4, 0.5) is 5.82 Å². The largest absolute Gasteiger partial charge is 0.310 e. The minimum absolute atomic E-state index is 0.0258. The number of anilines is 1. The third-order valence-electron chi connectivity index (χ3n) is 4.66. The number of hydrogen-bond acceptors (Lipinski definition) is 5. The fourth-order valence-electron chi connectivity index (χ4n) is 3.30. The Labute approximate surface area is 152 Å². The maximum absolute atomic E-state index is 12.3. The van der Waals surface area contributed by atoms with Crippen LogP contribution in [0, 0.1) is 0 Å². The maximum atomic E-state index is 12.3. The molecule has 4 rings (SSSR count). The molecule has 0 aliphatic carbocycles. The van der Waals surface area contributed by atoms with E-state index in [4.69, 9.17) is 0 Å². The molecule has 0 radical (unpaired) electrons. The average Bonchev–Trinajstić information content (AvgIpc) is 3.08. The Morgan fingerprint density at radius 2 is 2.04 bits per heavy atom. The molecule has 3 aromatic heterocycles. The van der Waals surface area contributed by atoms with Crippen molar-refractivity contribution in [3.63, 3.8) is 0 Å². The molecule has 4 heterocycles. The number of hydrogen-bond donors (Lipinski definition) is 1. The van der Waals surface area contributed by atoms with Gasteiger partial charge in [0.1, 0.15) is 5.82 Å². The Morgan fingerprint density at radius 3 is 2.81 bits per heavy atom. The first-order valence-electron chi connectivity index (χ1n) is 8.95. The quantitative estimate of drug-likeness (QED) is 0.782. The van der Waals surface area contributed by atoms with Gasteiger partial charge >= 0.3 is 0 Å². The minimum atomic E-state index is -0.0258. The summed E-state index contributed by atoms with van der Waals surface area (Å²) in [6.07, 6.45) is 9.06. The number of aryl methyl sites for hydroxylation is 1. The van der Waals surface area contributed by atoms with Crippen LogP contribution in [0.2, 0.25) is 0 Å². The highest BCUT2D eigenvalue weighted by atomic mass is 16.2. The normalized spacial score (nSPS) is 15.3. The molecule has 26 heavy (non-hydrogen) atoms. The summed E-state index contributed by atoms with van der Waals surface area (Å²) in [6.45, 7) is 2.41. The molecule has 3 aromatic rings. The first-order valence-corrected chi connectivity index (χ1v) is 8.95. The molecule has 0 unspecified atom stereocenters. The standard InChI is InChI=1S/C19H22N6O/c1-24-12-15(11-21-24)16-6-5-14-10-20-18(9-17(14)22-16)23-19(26)13-25-7-3-2-4-8-25/h5-6,9-12H,2-4,7-8,13H2,1H3,(H,20,23,26). The van der Waals surface area contributed by atoms with Crippen LogP contribution in [0.15, 0.2) is 36.8 Å². The summed E-state index contributed by atoms with van der Waals surface area (Å²) in [5.74, 6) is 0.512. The Morgan fingerprint density at radius 1 is 1.19 bits per heavy atom. The van der Waals surface area contributed by atoms with Gasteiger partial charge in [0, 0.05) is 36.5 Å². The lowest BCUT2D eigenvalue weighted by Crippen LogP contribution is -2.36. The van der Waals surface area contributed by atoms with Crippen LogP contribution < -0.4 is 5.32 Å². The zero-order valence-electron chi connectivity index (χ0n) is 14.9. The van der Waals surface area contributed by atoms with Crippen LogP contribution in [-0.4, -0.2) is 50.2 Å². The molecule has 0 aromatic carbocycles. The van der Waals surface area contributed by atoms with Gasteiger partial charge < -0.3 is 5.32 Å². The van der Waals surface area contributed by atoms with Gasteiger partial charge in [-0.1, -0.05) is 6.42 Å². The molecule has 1 aliphatic rings. The van der Waals surface area contributed by atoms with E-state index in [2.05, 4.69) is 25.3 Å². The van der Waals surface area contributed by atoms with E-state index >= 15 is 0 Å². The maximum Gasteiger partial charge on any atom is 0.239 e. The lowest BCUT2D eigenvalue weighted by Gasteiger charge is -2.25. The number of likely N-dealkylation sites (tertiary alicyclic amines) is 1. The number of carbonyl (C=O) groups is 1. The monoisotopic (exact) mass is 350 g/mol. The predicted octanol–water partition coefficient (Wildman–Crippen LogP) is 2.45. The van der Waals surface area contributed by atoms with Crippen LogP contribution in [-0.2, 0) is 11.8 Å². The van der Waals surface area contributed by atoms with Crippen molar-refractivity contribution >= 4 is 22.6 Å². The van der Waals surface area contributed by atoms with Gasteiger partial charge in [-0.05, 0) is 38.1 Å². The molecule has 0 atom stereocenters. The van der Waals surface area contributed by atoms with Crippen molar-refractivity contribution in [1.29, 1.82) is 0 Å². The lowest BCUT2D eigenvalue weighted by atomic mass is 10.1. The number of aromatic nitrogens is 4. The van der Waals surface area contributed by atoms with Gasteiger partial charge in [-0.15, -0.1) is 0 Å². The van der Waals surface area contributed by atoms with Crippen molar-refractivity contribution in [3.8, 4) is 11.3 Å². The second-order valence-electron chi connectivity index (χ2n) is 6.75. The number of fused-ring (bicyclic) bond motifs is 1. The molecule has 1 fully saturated rings. The summed E-state index contributed by atoms with van der Waals surface area (Å²) < 4.78 is 1.75. The molecule has 7 nitrogen and oxygen atoms in total. The zero-order valence-corrected chi connectivity index (χ0v) is 14.9. The zero-order chi connectivity index (χ0) is 17.9. The summed E-state index contributed by atoms with van der Waals surface area (Å²) in [5.41, 5.74) is 2.61. The molecular formula is C19H22N6O. The van der Waals surface area contributed by atoms with Crippen molar-refractivity contribution in [2.45, 2.75) is 19.3 Å². The molecule has 7 heteroatoms. The Kier molecular flexibility index (Phi) is 4.62. The van der Waals surface area contributed by atoms with E-state index in [1.54, 1.807) is 17.1 Å². The molecule has 0 saturated carbocycles.